The van der Waals surface area contributed by atoms with Gasteiger partial charge in [-0.15, -0.1) is 0 Å². The second-order valence-corrected chi connectivity index (χ2v) is 5.34. The minimum absolute atomic E-state index is 0.317. The molecule has 0 unspecified atom stereocenters. The molecule has 2 aromatic rings. The first kappa shape index (κ1) is 16.0. The predicted molar refractivity (Wildman–Crippen MR) is 87.5 cm³/mol. The van der Waals surface area contributed by atoms with E-state index in [4.69, 9.17) is 0 Å². The van der Waals surface area contributed by atoms with E-state index in [-0.39, 0.29) is 5.91 Å². The number of carbonyl (C=O) groups excluding carboxylic acids is 2. The van der Waals surface area contributed by atoms with E-state index in [9.17, 15) is 9.59 Å². The van der Waals surface area contributed by atoms with Crippen LogP contribution in [-0.4, -0.2) is 37.0 Å². The van der Waals surface area contributed by atoms with E-state index >= 15 is 0 Å². The van der Waals surface area contributed by atoms with Crippen LogP contribution in [0.3, 0.4) is 0 Å². The third-order valence-electron chi connectivity index (χ3n) is 3.75. The molecule has 2 rings (SSSR count). The van der Waals surface area contributed by atoms with Crippen LogP contribution in [0.1, 0.15) is 12.5 Å². The quantitative estimate of drug-likeness (QED) is 0.909. The molecule has 22 heavy (non-hydrogen) atoms. The number of nitrogens with zero attached hydrogens (tertiary/aromatic N) is 1. The highest BCUT2D eigenvalue weighted by Gasteiger charge is 2.19. The number of likely N-dealkylation sites (N-methyl/N-ethyl adjacent to an activating group) is 1. The Balaban J connectivity index is 2.04. The number of fused-ring (bicyclic) bond motifs is 1. The van der Waals surface area contributed by atoms with E-state index in [2.05, 4.69) is 41.0 Å². The Hall–Kier alpha value is -2.40. The highest BCUT2D eigenvalue weighted by atomic mass is 16.2. The van der Waals surface area contributed by atoms with Crippen LogP contribution in [0.15, 0.2) is 42.5 Å². The van der Waals surface area contributed by atoms with Crippen molar-refractivity contribution in [1.29, 1.82) is 0 Å². The van der Waals surface area contributed by atoms with Gasteiger partial charge in [-0.2, -0.15) is 0 Å². The lowest BCUT2D eigenvalue weighted by molar-refractivity contribution is -0.124. The number of urea groups is 1. The zero-order chi connectivity index (χ0) is 16.1. The molecule has 0 bridgehead atoms. The van der Waals surface area contributed by atoms with Gasteiger partial charge in [0.15, 0.2) is 0 Å². The number of carbonyl (C=O) groups is 2. The molecule has 1 atom stereocenters. The molecular weight excluding hydrogens is 278 g/mol. The summed E-state index contributed by atoms with van der Waals surface area (Å²) in [5.41, 5.74) is 1.13. The Morgan fingerprint density at radius 3 is 2.50 bits per heavy atom. The van der Waals surface area contributed by atoms with Crippen LogP contribution in [-0.2, 0) is 11.3 Å². The number of rotatable bonds is 4. The predicted octanol–water partition coefficient (Wildman–Crippen LogP) is 2.12. The standard InChI is InChI=1S/C17H21N3O2/c1-12(16(21)19-17(22)18-2)20(3)11-13-8-9-14-6-4-5-7-15(14)10-13/h4-10,12H,11H2,1-3H3,(H2,18,19,21,22)/t12-/m0/s1. The van der Waals surface area contributed by atoms with E-state index in [0.717, 1.165) is 5.56 Å². The van der Waals surface area contributed by atoms with Gasteiger partial charge < -0.3 is 5.32 Å². The maximum Gasteiger partial charge on any atom is 0.321 e. The van der Waals surface area contributed by atoms with Gasteiger partial charge in [-0.3, -0.25) is 15.0 Å². The van der Waals surface area contributed by atoms with Crippen LogP contribution >= 0.6 is 0 Å². The van der Waals surface area contributed by atoms with Gasteiger partial charge in [0.05, 0.1) is 6.04 Å². The molecule has 116 valence electrons. The first-order valence-corrected chi connectivity index (χ1v) is 7.21. The smallest absolute Gasteiger partial charge is 0.321 e. The second kappa shape index (κ2) is 7.04. The lowest BCUT2D eigenvalue weighted by atomic mass is 10.1. The number of imide groups is 1. The number of amides is 3. The average molecular weight is 299 g/mol. The summed E-state index contributed by atoms with van der Waals surface area (Å²) in [6.07, 6.45) is 0. The maximum atomic E-state index is 11.9. The lowest BCUT2D eigenvalue weighted by Gasteiger charge is -2.23. The fraction of sp³-hybridized carbons (Fsp3) is 0.294. The Morgan fingerprint density at radius 2 is 1.82 bits per heavy atom. The largest absolute Gasteiger partial charge is 0.341 e. The van der Waals surface area contributed by atoms with Crippen molar-refractivity contribution in [1.82, 2.24) is 15.5 Å². The van der Waals surface area contributed by atoms with Gasteiger partial charge in [-0.25, -0.2) is 4.79 Å². The zero-order valence-corrected chi connectivity index (χ0v) is 13.1. The molecule has 0 saturated heterocycles. The number of benzene rings is 2. The number of nitrogens with one attached hydrogen (secondary N) is 2. The van der Waals surface area contributed by atoms with Crippen molar-refractivity contribution >= 4 is 22.7 Å². The fourth-order valence-corrected chi connectivity index (χ4v) is 2.24. The molecule has 0 aliphatic rings. The first-order chi connectivity index (χ1) is 10.5. The van der Waals surface area contributed by atoms with Gasteiger partial charge in [-0.05, 0) is 36.4 Å². The molecule has 0 radical (unpaired) electrons. The van der Waals surface area contributed by atoms with E-state index < -0.39 is 12.1 Å². The summed E-state index contributed by atoms with van der Waals surface area (Å²) in [6, 6.07) is 13.5. The summed E-state index contributed by atoms with van der Waals surface area (Å²) < 4.78 is 0. The molecule has 0 saturated carbocycles. The third-order valence-corrected chi connectivity index (χ3v) is 3.75. The first-order valence-electron chi connectivity index (χ1n) is 7.21. The van der Waals surface area contributed by atoms with Crippen LogP contribution in [0.2, 0.25) is 0 Å². The average Bonchev–Trinajstić information content (AvgIpc) is 2.53. The van der Waals surface area contributed by atoms with E-state index in [1.54, 1.807) is 6.92 Å². The Bertz CT molecular complexity index is 684. The van der Waals surface area contributed by atoms with Crippen molar-refractivity contribution in [3.63, 3.8) is 0 Å². The summed E-state index contributed by atoms with van der Waals surface area (Å²) in [4.78, 5) is 25.0. The van der Waals surface area contributed by atoms with Crippen molar-refractivity contribution in [2.24, 2.45) is 0 Å². The molecule has 0 aliphatic carbocycles. The summed E-state index contributed by atoms with van der Waals surface area (Å²) in [5.74, 6) is -0.317. The molecule has 2 N–H and O–H groups in total. The topological polar surface area (TPSA) is 61.4 Å². The van der Waals surface area contributed by atoms with Crippen molar-refractivity contribution < 1.29 is 9.59 Å². The van der Waals surface area contributed by atoms with Crippen LogP contribution in [0.5, 0.6) is 0 Å². The fourth-order valence-electron chi connectivity index (χ4n) is 2.24. The Kier molecular flexibility index (Phi) is 5.12. The molecule has 0 aliphatic heterocycles. The molecule has 0 aromatic heterocycles. The Labute approximate surface area is 130 Å². The molecule has 0 spiro atoms. The van der Waals surface area contributed by atoms with Crippen molar-refractivity contribution in [2.75, 3.05) is 14.1 Å². The summed E-state index contributed by atoms with van der Waals surface area (Å²) in [5, 5.41) is 7.04. The highest BCUT2D eigenvalue weighted by molar-refractivity contribution is 5.96. The molecule has 5 heteroatoms. The molecule has 0 heterocycles. The van der Waals surface area contributed by atoms with Gasteiger partial charge in [0, 0.05) is 13.6 Å². The maximum absolute atomic E-state index is 11.9. The van der Waals surface area contributed by atoms with Crippen LogP contribution in [0.25, 0.3) is 10.8 Å². The summed E-state index contributed by atoms with van der Waals surface area (Å²) in [7, 11) is 3.34. The van der Waals surface area contributed by atoms with Crippen LogP contribution in [0, 0.1) is 0 Å². The molecule has 0 fully saturated rings. The Morgan fingerprint density at radius 1 is 1.14 bits per heavy atom. The van der Waals surface area contributed by atoms with Gasteiger partial charge >= 0.3 is 6.03 Å². The van der Waals surface area contributed by atoms with E-state index in [0.29, 0.717) is 6.54 Å². The third kappa shape index (κ3) is 3.83. The second-order valence-electron chi connectivity index (χ2n) is 5.34. The van der Waals surface area contributed by atoms with Gasteiger partial charge in [0.2, 0.25) is 5.91 Å². The normalized spacial score (nSPS) is 12.2. The monoisotopic (exact) mass is 299 g/mol. The van der Waals surface area contributed by atoms with Crippen LogP contribution < -0.4 is 10.6 Å². The van der Waals surface area contributed by atoms with Crippen molar-refractivity contribution in [2.45, 2.75) is 19.5 Å². The van der Waals surface area contributed by atoms with Crippen molar-refractivity contribution in [3.8, 4) is 0 Å². The molecule has 3 amide bonds. The number of hydrogen-bond acceptors (Lipinski definition) is 3. The minimum atomic E-state index is -0.490. The van der Waals surface area contributed by atoms with Crippen molar-refractivity contribution in [3.05, 3.63) is 48.0 Å². The van der Waals surface area contributed by atoms with E-state index in [1.165, 1.54) is 17.8 Å². The zero-order valence-electron chi connectivity index (χ0n) is 13.1. The van der Waals surface area contributed by atoms with Gasteiger partial charge in [-0.1, -0.05) is 36.4 Å². The SMILES string of the molecule is CNC(=O)NC(=O)[C@H](C)N(C)Cc1ccc2ccccc2c1. The van der Waals surface area contributed by atoms with Crippen LogP contribution in [0.4, 0.5) is 4.79 Å². The summed E-state index contributed by atoms with van der Waals surface area (Å²) >= 11 is 0. The minimum Gasteiger partial charge on any atom is -0.341 e. The highest BCUT2D eigenvalue weighted by Crippen LogP contribution is 2.17. The van der Waals surface area contributed by atoms with Gasteiger partial charge in [0.25, 0.3) is 0 Å². The van der Waals surface area contributed by atoms with E-state index in [1.807, 2.05) is 24.1 Å². The summed E-state index contributed by atoms with van der Waals surface area (Å²) in [6.45, 7) is 2.41. The lowest BCUT2D eigenvalue weighted by Crippen LogP contribution is -2.47. The number of hydrogen-bond donors (Lipinski definition) is 2. The molecule has 5 nitrogen and oxygen atoms in total. The van der Waals surface area contributed by atoms with Gasteiger partial charge in [0.1, 0.15) is 0 Å². The molecular formula is C17H21N3O2. The molecule has 2 aromatic carbocycles.